The number of hydrogen-bond donors (Lipinski definition) is 1. The molecule has 8 heteroatoms. The van der Waals surface area contributed by atoms with Crippen LogP contribution in [0.15, 0.2) is 24.3 Å². The number of rotatable bonds is 9. The highest BCUT2D eigenvalue weighted by molar-refractivity contribution is 5.98. The van der Waals surface area contributed by atoms with Crippen molar-refractivity contribution in [2.24, 2.45) is 11.3 Å². The summed E-state index contributed by atoms with van der Waals surface area (Å²) in [6, 6.07) is -0.586. The van der Waals surface area contributed by atoms with E-state index in [9.17, 15) is 19.2 Å². The molecule has 8 nitrogen and oxygen atoms in total. The number of carbonyl (C=O) groups excluding carboxylic acids is 4. The molecule has 2 aliphatic rings. The molecule has 0 spiro atoms. The van der Waals surface area contributed by atoms with Crippen molar-refractivity contribution in [1.29, 1.82) is 0 Å². The molecule has 0 heterocycles. The smallest absolute Gasteiger partial charge is 0.333 e. The predicted octanol–water partition coefficient (Wildman–Crippen LogP) is 2.34. The lowest BCUT2D eigenvalue weighted by Gasteiger charge is -2.31. The Hall–Kier alpha value is -2.64. The summed E-state index contributed by atoms with van der Waals surface area (Å²) in [6.45, 7) is 9.94. The summed E-state index contributed by atoms with van der Waals surface area (Å²) in [4.78, 5) is 50.0. The molecule has 0 aromatic rings. The van der Waals surface area contributed by atoms with Crippen LogP contribution in [-0.4, -0.2) is 55.1 Å². The summed E-state index contributed by atoms with van der Waals surface area (Å²) in [5, 5.41) is 2.60. The van der Waals surface area contributed by atoms with Gasteiger partial charge in [0.05, 0.1) is 18.5 Å². The molecule has 2 aliphatic carbocycles. The molecule has 2 saturated carbocycles. The van der Waals surface area contributed by atoms with Gasteiger partial charge in [-0.1, -0.05) is 13.2 Å². The molecule has 2 rings (SSSR count). The highest BCUT2D eigenvalue weighted by atomic mass is 16.5. The molecule has 2 fully saturated rings. The normalized spacial score (nSPS) is 21.9. The lowest BCUT2D eigenvalue weighted by Crippen LogP contribution is -2.51. The first-order valence-electron chi connectivity index (χ1n) is 9.91. The number of nitrogens with one attached hydrogen (secondary N) is 1. The maximum absolute atomic E-state index is 13.2. The van der Waals surface area contributed by atoms with Crippen LogP contribution < -0.4 is 5.32 Å². The van der Waals surface area contributed by atoms with Crippen molar-refractivity contribution in [3.05, 3.63) is 24.3 Å². The molecule has 0 atom stereocenters. The monoisotopic (exact) mass is 406 g/mol. The number of urea groups is 1. The van der Waals surface area contributed by atoms with E-state index in [1.807, 2.05) is 0 Å². The van der Waals surface area contributed by atoms with Crippen molar-refractivity contribution < 1.29 is 28.7 Å². The Labute approximate surface area is 171 Å². The van der Waals surface area contributed by atoms with Crippen LogP contribution in [0.25, 0.3) is 0 Å². The van der Waals surface area contributed by atoms with Gasteiger partial charge in [0.25, 0.3) is 0 Å². The minimum Gasteiger partial charge on any atom is -0.460 e. The van der Waals surface area contributed by atoms with Gasteiger partial charge in [0.2, 0.25) is 5.91 Å². The number of hydrogen-bond acceptors (Lipinski definition) is 6. The van der Waals surface area contributed by atoms with E-state index in [0.29, 0.717) is 5.92 Å². The van der Waals surface area contributed by atoms with Gasteiger partial charge >= 0.3 is 18.0 Å². The molecule has 160 valence electrons. The third kappa shape index (κ3) is 5.68. The molecular formula is C21H30N2O6. The second-order valence-corrected chi connectivity index (χ2v) is 7.95. The lowest BCUT2D eigenvalue weighted by molar-refractivity contribution is -0.144. The number of amides is 3. The van der Waals surface area contributed by atoms with Gasteiger partial charge in [0.15, 0.2) is 0 Å². The lowest BCUT2D eigenvalue weighted by atomic mass is 9.83. The van der Waals surface area contributed by atoms with Crippen molar-refractivity contribution in [3.63, 3.8) is 0 Å². The van der Waals surface area contributed by atoms with Crippen LogP contribution >= 0.6 is 0 Å². The van der Waals surface area contributed by atoms with Crippen LogP contribution in [-0.2, 0) is 23.9 Å². The van der Waals surface area contributed by atoms with Gasteiger partial charge in [-0.05, 0) is 51.9 Å². The summed E-state index contributed by atoms with van der Waals surface area (Å²) in [7, 11) is 0. The summed E-state index contributed by atoms with van der Waals surface area (Å²) in [6.07, 6.45) is 4.37. The van der Waals surface area contributed by atoms with Crippen LogP contribution in [0.3, 0.4) is 0 Å². The highest BCUT2D eigenvalue weighted by Crippen LogP contribution is 2.54. The summed E-state index contributed by atoms with van der Waals surface area (Å²) < 4.78 is 10.0. The Morgan fingerprint density at radius 1 is 1.00 bits per heavy atom. The van der Waals surface area contributed by atoms with E-state index < -0.39 is 23.4 Å². The van der Waals surface area contributed by atoms with E-state index in [-0.39, 0.29) is 43.4 Å². The molecule has 2 bridgehead atoms. The van der Waals surface area contributed by atoms with E-state index in [2.05, 4.69) is 18.5 Å². The molecule has 3 amide bonds. The second-order valence-electron chi connectivity index (χ2n) is 7.95. The Balaban J connectivity index is 1.95. The number of carbonyl (C=O) groups is 4. The van der Waals surface area contributed by atoms with Crippen LogP contribution in [0.2, 0.25) is 0 Å². The van der Waals surface area contributed by atoms with Crippen molar-refractivity contribution in [2.45, 2.75) is 46.0 Å². The van der Waals surface area contributed by atoms with Crippen molar-refractivity contribution in [1.82, 2.24) is 10.2 Å². The van der Waals surface area contributed by atoms with Crippen LogP contribution in [0.4, 0.5) is 4.79 Å². The van der Waals surface area contributed by atoms with E-state index in [4.69, 9.17) is 9.47 Å². The number of nitrogens with zero attached hydrogens (tertiary/aromatic N) is 1. The highest BCUT2D eigenvalue weighted by Gasteiger charge is 2.52. The SMILES string of the molecule is C=C(C)C(=O)OCCNC(=O)N(CCOC(=O)C(=C)C)C(=O)C12CCC(CC1)C2. The largest absolute Gasteiger partial charge is 0.460 e. The number of esters is 2. The topological polar surface area (TPSA) is 102 Å². The summed E-state index contributed by atoms with van der Waals surface area (Å²) in [5.74, 6) is -0.780. The molecule has 29 heavy (non-hydrogen) atoms. The molecule has 0 aromatic carbocycles. The van der Waals surface area contributed by atoms with E-state index >= 15 is 0 Å². The zero-order valence-corrected chi connectivity index (χ0v) is 17.3. The molecule has 0 aromatic heterocycles. The van der Waals surface area contributed by atoms with E-state index in [1.165, 1.54) is 13.8 Å². The minimum atomic E-state index is -0.586. The molecule has 0 aliphatic heterocycles. The van der Waals surface area contributed by atoms with Crippen molar-refractivity contribution in [3.8, 4) is 0 Å². The van der Waals surface area contributed by atoms with Gasteiger partial charge in [-0.25, -0.2) is 14.4 Å². The first-order valence-corrected chi connectivity index (χ1v) is 9.91. The standard InChI is InChI=1S/C21H30N2O6/c1-14(2)17(24)28-11-9-22-20(27)23(10-12-29-18(25)15(3)4)19(26)21-7-5-16(13-21)6-8-21/h16H,1,3,5-13H2,2,4H3,(H,22,27). The first-order chi connectivity index (χ1) is 13.7. The van der Waals surface area contributed by atoms with Crippen molar-refractivity contribution in [2.75, 3.05) is 26.3 Å². The fourth-order valence-electron chi connectivity index (χ4n) is 3.95. The zero-order valence-electron chi connectivity index (χ0n) is 17.3. The average molecular weight is 406 g/mol. The van der Waals surface area contributed by atoms with E-state index in [0.717, 1.165) is 37.0 Å². The van der Waals surface area contributed by atoms with Gasteiger partial charge in [0.1, 0.15) is 13.2 Å². The van der Waals surface area contributed by atoms with Crippen LogP contribution in [0, 0.1) is 11.3 Å². The van der Waals surface area contributed by atoms with Gasteiger partial charge in [-0.3, -0.25) is 9.69 Å². The Kier molecular flexibility index (Phi) is 7.59. The third-order valence-electron chi connectivity index (χ3n) is 5.54. The zero-order chi connectivity index (χ0) is 21.6. The number of ether oxygens (including phenoxy) is 2. The molecule has 0 radical (unpaired) electrons. The molecular weight excluding hydrogens is 376 g/mol. The maximum Gasteiger partial charge on any atom is 0.333 e. The summed E-state index contributed by atoms with van der Waals surface area (Å²) in [5.41, 5.74) is 0.0236. The summed E-state index contributed by atoms with van der Waals surface area (Å²) >= 11 is 0. The van der Waals surface area contributed by atoms with Gasteiger partial charge in [0, 0.05) is 11.1 Å². The van der Waals surface area contributed by atoms with Crippen LogP contribution in [0.1, 0.15) is 46.0 Å². The van der Waals surface area contributed by atoms with Crippen molar-refractivity contribution >= 4 is 23.9 Å². The third-order valence-corrected chi connectivity index (χ3v) is 5.54. The second kappa shape index (κ2) is 9.71. The molecule has 0 unspecified atom stereocenters. The van der Waals surface area contributed by atoms with Crippen LogP contribution in [0.5, 0.6) is 0 Å². The maximum atomic E-state index is 13.2. The first kappa shape index (κ1) is 22.6. The molecule has 1 N–H and O–H groups in total. The fraction of sp³-hybridized carbons (Fsp3) is 0.619. The average Bonchev–Trinajstić information content (AvgIpc) is 3.29. The van der Waals surface area contributed by atoms with Gasteiger partial charge < -0.3 is 14.8 Å². The fourth-order valence-corrected chi connectivity index (χ4v) is 3.95. The minimum absolute atomic E-state index is 0.0304. The molecule has 0 saturated heterocycles. The quantitative estimate of drug-likeness (QED) is 0.358. The van der Waals surface area contributed by atoms with Gasteiger partial charge in [-0.15, -0.1) is 0 Å². The van der Waals surface area contributed by atoms with E-state index in [1.54, 1.807) is 0 Å². The Morgan fingerprint density at radius 3 is 2.03 bits per heavy atom. The number of fused-ring (bicyclic) bond motifs is 2. The predicted molar refractivity (Wildman–Crippen MR) is 106 cm³/mol. The number of imide groups is 1. The Morgan fingerprint density at radius 2 is 1.55 bits per heavy atom. The Bertz CT molecular complexity index is 706. The van der Waals surface area contributed by atoms with Gasteiger partial charge in [-0.2, -0.15) is 0 Å².